The van der Waals surface area contributed by atoms with Gasteiger partial charge in [-0.05, 0) is 67.8 Å². The molecule has 9 nitrogen and oxygen atoms in total. The van der Waals surface area contributed by atoms with Gasteiger partial charge in [-0.2, -0.15) is 10.4 Å². The monoisotopic (exact) mass is 500 g/mol. The Bertz CT molecular complexity index is 1330. The van der Waals surface area contributed by atoms with E-state index in [1.807, 2.05) is 29.9 Å². The van der Waals surface area contributed by atoms with Crippen LogP contribution in [-0.4, -0.2) is 60.6 Å². The molecule has 2 amide bonds. The van der Waals surface area contributed by atoms with Gasteiger partial charge in [0.15, 0.2) is 11.5 Å². The second kappa shape index (κ2) is 10.5. The number of piperidine rings is 3. The number of nitrogens with zero attached hydrogens (tertiary/aromatic N) is 4. The molecule has 4 heterocycles. The van der Waals surface area contributed by atoms with Crippen LogP contribution in [-0.2, 0) is 7.05 Å². The summed E-state index contributed by atoms with van der Waals surface area (Å²) < 4.78 is 12.9. The minimum atomic E-state index is -0.250. The average Bonchev–Trinajstić information content (AvgIpc) is 3.33. The quantitative estimate of drug-likeness (QED) is 0.509. The van der Waals surface area contributed by atoms with E-state index in [1.54, 1.807) is 38.5 Å². The number of fused-ring (bicyclic) bond motifs is 3. The van der Waals surface area contributed by atoms with E-state index in [9.17, 15) is 4.79 Å². The van der Waals surface area contributed by atoms with Crippen LogP contribution in [0.3, 0.4) is 0 Å². The molecular formula is C28H32N6O3. The summed E-state index contributed by atoms with van der Waals surface area (Å²) in [4.78, 5) is 15.0. The largest absolute Gasteiger partial charge is 0.493 e. The summed E-state index contributed by atoms with van der Waals surface area (Å²) in [5, 5.41) is 19.7. The van der Waals surface area contributed by atoms with E-state index in [0.717, 1.165) is 37.2 Å². The molecule has 0 radical (unpaired) electrons. The first kappa shape index (κ1) is 24.7. The van der Waals surface area contributed by atoms with Crippen LogP contribution >= 0.6 is 0 Å². The minimum Gasteiger partial charge on any atom is -0.493 e. The van der Waals surface area contributed by atoms with Crippen molar-refractivity contribution in [3.8, 4) is 28.8 Å². The van der Waals surface area contributed by atoms with Crippen molar-refractivity contribution in [2.24, 2.45) is 13.0 Å². The summed E-state index contributed by atoms with van der Waals surface area (Å²) in [6.45, 7) is 2.59. The normalized spacial score (nSPS) is 22.2. The molecule has 6 rings (SSSR count). The van der Waals surface area contributed by atoms with Gasteiger partial charge in [0.05, 0.1) is 31.5 Å². The second-order valence-corrected chi connectivity index (χ2v) is 9.72. The van der Waals surface area contributed by atoms with Gasteiger partial charge in [-0.3, -0.25) is 9.58 Å². The van der Waals surface area contributed by atoms with Gasteiger partial charge < -0.3 is 20.1 Å². The standard InChI is InChI=1S/C28H32N6O3/c1-33-25(14-24(32-33)20-7-8-26(36-2)27(13-20)37-3)23-17-34-10-9-19(23)12-22(34)16-30-28(35)31-21-6-4-5-18(11-21)15-29/h4-8,11,13-14,19,22-23H,9-10,12,16-17H2,1-3H3,(H2,30,31,35)/t19-,22+,23+/m0/s1. The van der Waals surface area contributed by atoms with Gasteiger partial charge in [0.1, 0.15) is 0 Å². The number of hydrogen-bond acceptors (Lipinski definition) is 6. The highest BCUT2D eigenvalue weighted by atomic mass is 16.5. The molecule has 0 spiro atoms. The predicted molar refractivity (Wildman–Crippen MR) is 141 cm³/mol. The molecule has 3 aliphatic rings. The zero-order chi connectivity index (χ0) is 25.9. The first-order chi connectivity index (χ1) is 18.0. The minimum absolute atomic E-state index is 0.250. The first-order valence-corrected chi connectivity index (χ1v) is 12.5. The van der Waals surface area contributed by atoms with E-state index >= 15 is 0 Å². The lowest BCUT2D eigenvalue weighted by molar-refractivity contribution is 0.0296. The lowest BCUT2D eigenvalue weighted by Crippen LogP contribution is -2.56. The predicted octanol–water partition coefficient (Wildman–Crippen LogP) is 3.98. The van der Waals surface area contributed by atoms with Crippen molar-refractivity contribution in [1.29, 1.82) is 5.26 Å². The fourth-order valence-electron chi connectivity index (χ4n) is 5.70. The summed E-state index contributed by atoms with van der Waals surface area (Å²) in [6, 6.07) is 17.1. The second-order valence-electron chi connectivity index (χ2n) is 9.72. The van der Waals surface area contributed by atoms with Gasteiger partial charge in [-0.1, -0.05) is 6.07 Å². The number of rotatable bonds is 7. The Kier molecular flexibility index (Phi) is 7.01. The fourth-order valence-corrected chi connectivity index (χ4v) is 5.70. The van der Waals surface area contributed by atoms with Crippen LogP contribution in [0.5, 0.6) is 11.5 Å². The maximum atomic E-state index is 12.5. The molecule has 4 atom stereocenters. The summed E-state index contributed by atoms with van der Waals surface area (Å²) in [7, 11) is 5.29. The lowest BCUT2D eigenvalue weighted by atomic mass is 9.74. The van der Waals surface area contributed by atoms with Gasteiger partial charge in [0.2, 0.25) is 0 Å². The van der Waals surface area contributed by atoms with Gasteiger partial charge in [-0.15, -0.1) is 0 Å². The number of urea groups is 1. The van der Waals surface area contributed by atoms with Crippen LogP contribution in [0.2, 0.25) is 0 Å². The van der Waals surface area contributed by atoms with E-state index in [2.05, 4.69) is 27.7 Å². The first-order valence-electron chi connectivity index (χ1n) is 12.5. The number of aryl methyl sites for hydroxylation is 1. The van der Waals surface area contributed by atoms with E-state index in [4.69, 9.17) is 19.8 Å². The van der Waals surface area contributed by atoms with Crippen molar-refractivity contribution in [2.45, 2.75) is 24.8 Å². The number of nitriles is 1. The number of carbonyl (C=O) groups is 1. The number of nitrogens with one attached hydrogen (secondary N) is 2. The fraction of sp³-hybridized carbons (Fsp3) is 0.393. The number of carbonyl (C=O) groups excluding carboxylic acids is 1. The van der Waals surface area contributed by atoms with Gasteiger partial charge in [-0.25, -0.2) is 4.79 Å². The number of aromatic nitrogens is 2. The van der Waals surface area contributed by atoms with Crippen molar-refractivity contribution in [1.82, 2.24) is 20.0 Å². The van der Waals surface area contributed by atoms with Gasteiger partial charge in [0.25, 0.3) is 0 Å². The molecule has 1 aromatic heterocycles. The Balaban J connectivity index is 1.22. The highest BCUT2D eigenvalue weighted by Gasteiger charge is 2.41. The Morgan fingerprint density at radius 3 is 2.73 bits per heavy atom. The number of methoxy groups -OCH3 is 2. The molecule has 3 aromatic rings. The lowest BCUT2D eigenvalue weighted by Gasteiger charge is -2.49. The van der Waals surface area contributed by atoms with Crippen molar-refractivity contribution in [2.75, 3.05) is 39.2 Å². The number of hydrogen-bond donors (Lipinski definition) is 2. The molecule has 3 saturated heterocycles. The van der Waals surface area contributed by atoms with Crippen molar-refractivity contribution in [3.05, 3.63) is 59.8 Å². The van der Waals surface area contributed by atoms with Crippen LogP contribution in [0.4, 0.5) is 10.5 Å². The number of amides is 2. The van der Waals surface area contributed by atoms with Crippen molar-refractivity contribution < 1.29 is 14.3 Å². The summed E-state index contributed by atoms with van der Waals surface area (Å²) in [5.41, 5.74) is 4.29. The van der Waals surface area contributed by atoms with Crippen LogP contribution in [0.1, 0.15) is 30.0 Å². The SMILES string of the molecule is COc1ccc(-c2cc([C@@H]3CN4CC[C@H]3C[C@@H]4CNC(=O)Nc3cccc(C#N)c3)n(C)n2)cc1OC. The zero-order valence-electron chi connectivity index (χ0n) is 21.4. The Labute approximate surface area is 217 Å². The number of ether oxygens (including phenoxy) is 2. The highest BCUT2D eigenvalue weighted by Crippen LogP contribution is 2.42. The maximum Gasteiger partial charge on any atom is 0.319 e. The zero-order valence-corrected chi connectivity index (χ0v) is 21.4. The Hall–Kier alpha value is -4.03. The van der Waals surface area contributed by atoms with Gasteiger partial charge >= 0.3 is 6.03 Å². The molecule has 192 valence electrons. The Morgan fingerprint density at radius 1 is 1.16 bits per heavy atom. The third kappa shape index (κ3) is 5.11. The molecule has 2 bridgehead atoms. The third-order valence-electron chi connectivity index (χ3n) is 7.60. The van der Waals surface area contributed by atoms with Crippen LogP contribution in [0.25, 0.3) is 11.3 Å². The van der Waals surface area contributed by atoms with Gasteiger partial charge in [0, 0.05) is 49.0 Å². The average molecular weight is 501 g/mol. The van der Waals surface area contributed by atoms with Crippen molar-refractivity contribution in [3.63, 3.8) is 0 Å². The molecule has 0 aliphatic carbocycles. The number of benzene rings is 2. The molecule has 3 fully saturated rings. The molecule has 1 unspecified atom stereocenters. The molecule has 37 heavy (non-hydrogen) atoms. The Morgan fingerprint density at radius 2 is 2.00 bits per heavy atom. The molecule has 9 heteroatoms. The van der Waals surface area contributed by atoms with Crippen LogP contribution in [0, 0.1) is 17.2 Å². The maximum absolute atomic E-state index is 12.5. The van der Waals surface area contributed by atoms with E-state index in [-0.39, 0.29) is 6.03 Å². The van der Waals surface area contributed by atoms with E-state index < -0.39 is 0 Å². The van der Waals surface area contributed by atoms with Crippen LogP contribution < -0.4 is 20.1 Å². The number of anilines is 1. The van der Waals surface area contributed by atoms with E-state index in [0.29, 0.717) is 47.2 Å². The smallest absolute Gasteiger partial charge is 0.319 e. The topological polar surface area (TPSA) is 104 Å². The molecule has 0 saturated carbocycles. The third-order valence-corrected chi connectivity index (χ3v) is 7.60. The summed E-state index contributed by atoms with van der Waals surface area (Å²) >= 11 is 0. The molecule has 2 N–H and O–H groups in total. The molecular weight excluding hydrogens is 468 g/mol. The van der Waals surface area contributed by atoms with Crippen LogP contribution in [0.15, 0.2) is 48.5 Å². The van der Waals surface area contributed by atoms with Crippen molar-refractivity contribution >= 4 is 11.7 Å². The molecule has 3 aliphatic heterocycles. The van der Waals surface area contributed by atoms with E-state index in [1.165, 1.54) is 5.69 Å². The molecule has 2 aromatic carbocycles. The summed E-state index contributed by atoms with van der Waals surface area (Å²) in [6.07, 6.45) is 2.18. The highest BCUT2D eigenvalue weighted by molar-refractivity contribution is 5.89. The summed E-state index contributed by atoms with van der Waals surface area (Å²) in [5.74, 6) is 2.33.